The monoisotopic (exact) mass is 321 g/mol. The van der Waals surface area contributed by atoms with Crippen molar-refractivity contribution >= 4 is 0 Å². The van der Waals surface area contributed by atoms with Gasteiger partial charge in [-0.1, -0.05) is 73.7 Å². The highest BCUT2D eigenvalue weighted by molar-refractivity contribution is 5.27. The topological polar surface area (TPSA) is 32.3 Å². The lowest BCUT2D eigenvalue weighted by Crippen LogP contribution is -2.52. The first-order chi connectivity index (χ1) is 11.7. The van der Waals surface area contributed by atoms with Crippen LogP contribution in [0.4, 0.5) is 0 Å². The molecule has 1 aliphatic heterocycles. The van der Waals surface area contributed by atoms with Gasteiger partial charge < -0.3 is 10.4 Å². The highest BCUT2D eigenvalue weighted by Crippen LogP contribution is 2.46. The zero-order chi connectivity index (χ0) is 17.0. The van der Waals surface area contributed by atoms with Crippen molar-refractivity contribution in [3.63, 3.8) is 0 Å². The Balaban J connectivity index is 2.00. The molecule has 2 nitrogen and oxygen atoms in total. The molecule has 1 heterocycles. The molecule has 2 N–H and O–H groups in total. The lowest BCUT2D eigenvalue weighted by molar-refractivity contribution is -0.0741. The van der Waals surface area contributed by atoms with Gasteiger partial charge in [0.25, 0.3) is 0 Å². The first-order valence-electron chi connectivity index (χ1n) is 8.87. The van der Waals surface area contributed by atoms with Crippen molar-refractivity contribution in [1.82, 2.24) is 5.32 Å². The lowest BCUT2D eigenvalue weighted by atomic mass is 9.68. The average Bonchev–Trinajstić information content (AvgIpc) is 2.62. The van der Waals surface area contributed by atoms with Crippen LogP contribution in [0.2, 0.25) is 0 Å². The van der Waals surface area contributed by atoms with E-state index in [9.17, 15) is 5.11 Å². The second-order valence-corrected chi connectivity index (χ2v) is 6.83. The van der Waals surface area contributed by atoms with E-state index in [1.54, 1.807) is 0 Å². The number of piperidine rings is 1. The Bertz CT molecular complexity index is 654. The molecule has 0 aliphatic carbocycles. The quantitative estimate of drug-likeness (QED) is 0.776. The van der Waals surface area contributed by atoms with Crippen molar-refractivity contribution in [3.8, 4) is 0 Å². The molecule has 4 atom stereocenters. The van der Waals surface area contributed by atoms with Gasteiger partial charge in [-0.15, -0.1) is 6.58 Å². The van der Waals surface area contributed by atoms with Gasteiger partial charge in [0.1, 0.15) is 0 Å². The van der Waals surface area contributed by atoms with Crippen LogP contribution in [-0.4, -0.2) is 10.7 Å². The molecule has 0 radical (unpaired) electrons. The minimum atomic E-state index is -0.733. The van der Waals surface area contributed by atoms with Gasteiger partial charge in [-0.2, -0.15) is 0 Å². The number of rotatable bonds is 5. The maximum atomic E-state index is 11.5. The largest absolute Gasteiger partial charge is 0.389 e. The van der Waals surface area contributed by atoms with E-state index in [0.29, 0.717) is 12.8 Å². The fourth-order valence-corrected chi connectivity index (χ4v) is 4.20. The van der Waals surface area contributed by atoms with E-state index in [-0.39, 0.29) is 18.0 Å². The summed E-state index contributed by atoms with van der Waals surface area (Å²) >= 11 is 0. The van der Waals surface area contributed by atoms with Gasteiger partial charge in [-0.3, -0.25) is 0 Å². The van der Waals surface area contributed by atoms with Gasteiger partial charge in [0, 0.05) is 18.0 Å². The fourth-order valence-electron chi connectivity index (χ4n) is 4.20. The van der Waals surface area contributed by atoms with Crippen LogP contribution in [0.1, 0.15) is 49.4 Å². The van der Waals surface area contributed by atoms with E-state index in [2.05, 4.69) is 67.4 Å². The van der Waals surface area contributed by atoms with Crippen molar-refractivity contribution in [2.24, 2.45) is 5.92 Å². The molecule has 2 aromatic rings. The number of nitrogens with one attached hydrogen (secondary N) is 1. The third-order valence-electron chi connectivity index (χ3n) is 5.33. The Morgan fingerprint density at radius 2 is 1.67 bits per heavy atom. The predicted molar refractivity (Wildman–Crippen MR) is 99.7 cm³/mol. The summed E-state index contributed by atoms with van der Waals surface area (Å²) in [6.07, 6.45) is 4.13. The van der Waals surface area contributed by atoms with Crippen molar-refractivity contribution in [2.45, 2.75) is 43.9 Å². The van der Waals surface area contributed by atoms with Crippen molar-refractivity contribution in [1.29, 1.82) is 0 Å². The predicted octanol–water partition coefficient (Wildman–Crippen LogP) is 4.80. The zero-order valence-electron chi connectivity index (χ0n) is 14.4. The smallest absolute Gasteiger partial charge is 0.0746 e. The van der Waals surface area contributed by atoms with Gasteiger partial charge in [0.15, 0.2) is 0 Å². The SMILES string of the molecule is C=CC[C@@]1(O)C[C@@H](c2ccccc2)N[C@H](c2ccccc2)[C@@H]1CC. The molecule has 2 aromatic carbocycles. The summed E-state index contributed by atoms with van der Waals surface area (Å²) in [5.41, 5.74) is 1.74. The van der Waals surface area contributed by atoms with Crippen LogP contribution in [0.15, 0.2) is 73.3 Å². The Morgan fingerprint density at radius 1 is 1.08 bits per heavy atom. The molecule has 0 spiro atoms. The molecule has 3 rings (SSSR count). The maximum absolute atomic E-state index is 11.5. The minimum absolute atomic E-state index is 0.139. The van der Waals surface area contributed by atoms with Gasteiger partial charge in [-0.05, 0) is 30.4 Å². The van der Waals surface area contributed by atoms with Crippen molar-refractivity contribution < 1.29 is 5.11 Å². The summed E-state index contributed by atoms with van der Waals surface area (Å²) in [5.74, 6) is 0.165. The molecular weight excluding hydrogens is 294 g/mol. The average molecular weight is 321 g/mol. The Morgan fingerprint density at radius 3 is 2.21 bits per heavy atom. The van der Waals surface area contributed by atoms with Crippen LogP contribution >= 0.6 is 0 Å². The van der Waals surface area contributed by atoms with Crippen molar-refractivity contribution in [3.05, 3.63) is 84.4 Å². The van der Waals surface area contributed by atoms with Gasteiger partial charge >= 0.3 is 0 Å². The van der Waals surface area contributed by atoms with E-state index in [0.717, 1.165) is 6.42 Å². The summed E-state index contributed by atoms with van der Waals surface area (Å²) in [6.45, 7) is 6.05. The lowest BCUT2D eigenvalue weighted by Gasteiger charge is -2.48. The summed E-state index contributed by atoms with van der Waals surface area (Å²) in [7, 11) is 0. The molecule has 24 heavy (non-hydrogen) atoms. The normalized spacial score (nSPS) is 30.0. The number of hydrogen-bond donors (Lipinski definition) is 2. The van der Waals surface area contributed by atoms with Crippen molar-refractivity contribution in [2.75, 3.05) is 0 Å². The molecular formula is C22H27NO. The highest BCUT2D eigenvalue weighted by Gasteiger charge is 2.46. The maximum Gasteiger partial charge on any atom is 0.0746 e. The van der Waals surface area contributed by atoms with Gasteiger partial charge in [0.05, 0.1) is 5.60 Å². The molecule has 0 unspecified atom stereocenters. The molecule has 1 fully saturated rings. The van der Waals surface area contributed by atoms with E-state index in [1.165, 1.54) is 11.1 Å². The van der Waals surface area contributed by atoms with Crippen LogP contribution in [-0.2, 0) is 0 Å². The number of aliphatic hydroxyl groups is 1. The van der Waals surface area contributed by atoms with E-state index < -0.39 is 5.60 Å². The number of benzene rings is 2. The highest BCUT2D eigenvalue weighted by atomic mass is 16.3. The molecule has 2 heteroatoms. The fraction of sp³-hybridized carbons (Fsp3) is 0.364. The summed E-state index contributed by atoms with van der Waals surface area (Å²) in [6, 6.07) is 21.2. The molecule has 126 valence electrons. The first kappa shape index (κ1) is 16.9. The van der Waals surface area contributed by atoms with Crippen LogP contribution < -0.4 is 5.32 Å². The molecule has 1 aliphatic rings. The third kappa shape index (κ3) is 3.31. The van der Waals surface area contributed by atoms with Gasteiger partial charge in [-0.25, -0.2) is 0 Å². The molecule has 1 saturated heterocycles. The van der Waals surface area contributed by atoms with Crippen LogP contribution in [0.25, 0.3) is 0 Å². The molecule has 0 amide bonds. The number of hydrogen-bond acceptors (Lipinski definition) is 2. The Kier molecular flexibility index (Phi) is 5.17. The second-order valence-electron chi connectivity index (χ2n) is 6.83. The summed E-state index contributed by atoms with van der Waals surface area (Å²) in [5, 5.41) is 15.3. The van der Waals surface area contributed by atoms with Crippen LogP contribution in [0.5, 0.6) is 0 Å². The van der Waals surface area contributed by atoms with Crippen LogP contribution in [0.3, 0.4) is 0 Å². The third-order valence-corrected chi connectivity index (χ3v) is 5.33. The molecule has 0 bridgehead atoms. The minimum Gasteiger partial charge on any atom is -0.389 e. The second kappa shape index (κ2) is 7.33. The standard InChI is InChI=1S/C22H27NO/c1-3-15-22(24)16-20(17-11-7-5-8-12-17)23-21(19(22)4-2)18-13-9-6-10-14-18/h3,5-14,19-21,23-24H,1,4,15-16H2,2H3/t19-,20-,21+,22+/m0/s1. The van der Waals surface area contributed by atoms with E-state index in [1.807, 2.05) is 18.2 Å². The van der Waals surface area contributed by atoms with E-state index >= 15 is 0 Å². The summed E-state index contributed by atoms with van der Waals surface area (Å²) < 4.78 is 0. The summed E-state index contributed by atoms with van der Waals surface area (Å²) in [4.78, 5) is 0. The zero-order valence-corrected chi connectivity index (χ0v) is 14.4. The van der Waals surface area contributed by atoms with Gasteiger partial charge in [0.2, 0.25) is 0 Å². The Labute approximate surface area is 145 Å². The molecule has 0 aromatic heterocycles. The first-order valence-corrected chi connectivity index (χ1v) is 8.87. The van der Waals surface area contributed by atoms with Crippen LogP contribution in [0, 0.1) is 5.92 Å². The molecule has 0 saturated carbocycles. The Hall–Kier alpha value is -1.90. The van der Waals surface area contributed by atoms with E-state index in [4.69, 9.17) is 0 Å².